The molecule has 116 valence electrons. The van der Waals surface area contributed by atoms with Crippen LogP contribution < -0.4 is 15.4 Å². The number of methoxy groups -OCH3 is 1. The van der Waals surface area contributed by atoms with Gasteiger partial charge in [-0.05, 0) is 42.3 Å². The van der Waals surface area contributed by atoms with Crippen molar-refractivity contribution >= 4 is 23.2 Å². The van der Waals surface area contributed by atoms with Crippen LogP contribution in [0.2, 0.25) is 5.02 Å². The second-order valence-corrected chi connectivity index (χ2v) is 5.37. The van der Waals surface area contributed by atoms with Gasteiger partial charge in [0.2, 0.25) is 5.91 Å². The predicted octanol–water partition coefficient (Wildman–Crippen LogP) is 3.39. The molecule has 2 aromatic carbocycles. The number of anilines is 1. The largest absolute Gasteiger partial charge is 0.497 e. The number of carbonyl (C=O) groups excluding carboxylic acids is 1. The Bertz CT molecular complexity index is 642. The average Bonchev–Trinajstić information content (AvgIpc) is 2.54. The zero-order valence-electron chi connectivity index (χ0n) is 12.7. The molecule has 0 atom stereocenters. The van der Waals surface area contributed by atoms with Gasteiger partial charge in [-0.1, -0.05) is 29.8 Å². The molecule has 0 bridgehead atoms. The molecule has 22 heavy (non-hydrogen) atoms. The van der Waals surface area contributed by atoms with Crippen LogP contribution in [0.4, 0.5) is 5.69 Å². The summed E-state index contributed by atoms with van der Waals surface area (Å²) in [5.74, 6) is 0.725. The summed E-state index contributed by atoms with van der Waals surface area (Å²) >= 11 is 5.95. The number of carbonyl (C=O) groups is 1. The summed E-state index contributed by atoms with van der Waals surface area (Å²) < 4.78 is 5.10. The van der Waals surface area contributed by atoms with E-state index in [1.54, 1.807) is 7.11 Å². The van der Waals surface area contributed by atoms with Crippen molar-refractivity contribution in [1.82, 2.24) is 5.32 Å². The van der Waals surface area contributed by atoms with E-state index in [0.29, 0.717) is 11.6 Å². The minimum atomic E-state index is -0.0739. The molecular weight excluding hydrogens is 300 g/mol. The van der Waals surface area contributed by atoms with Crippen LogP contribution in [0.25, 0.3) is 0 Å². The first kappa shape index (κ1) is 16.2. The highest BCUT2D eigenvalue weighted by molar-refractivity contribution is 6.30. The lowest BCUT2D eigenvalue weighted by molar-refractivity contribution is -0.119. The Morgan fingerprint density at radius 2 is 1.91 bits per heavy atom. The first-order valence-corrected chi connectivity index (χ1v) is 7.36. The Labute approximate surface area is 135 Å². The van der Waals surface area contributed by atoms with Gasteiger partial charge >= 0.3 is 0 Å². The summed E-state index contributed by atoms with van der Waals surface area (Å²) in [6, 6.07) is 13.1. The van der Waals surface area contributed by atoms with Crippen molar-refractivity contribution in [3.63, 3.8) is 0 Å². The van der Waals surface area contributed by atoms with Gasteiger partial charge in [0, 0.05) is 17.3 Å². The van der Waals surface area contributed by atoms with Gasteiger partial charge in [-0.3, -0.25) is 4.79 Å². The molecule has 5 heteroatoms. The summed E-state index contributed by atoms with van der Waals surface area (Å²) in [4.78, 5) is 11.9. The number of aryl methyl sites for hydroxylation is 1. The molecule has 0 aliphatic heterocycles. The van der Waals surface area contributed by atoms with Crippen LogP contribution >= 0.6 is 11.6 Å². The van der Waals surface area contributed by atoms with E-state index in [0.717, 1.165) is 22.6 Å². The number of amides is 1. The van der Waals surface area contributed by atoms with Crippen molar-refractivity contribution in [2.75, 3.05) is 19.0 Å². The van der Waals surface area contributed by atoms with Crippen LogP contribution in [0.3, 0.4) is 0 Å². The second kappa shape index (κ2) is 7.71. The molecule has 2 rings (SSSR count). The van der Waals surface area contributed by atoms with Gasteiger partial charge in [0.25, 0.3) is 0 Å². The smallest absolute Gasteiger partial charge is 0.239 e. The summed E-state index contributed by atoms with van der Waals surface area (Å²) in [6.45, 7) is 2.66. The average molecular weight is 319 g/mol. The van der Waals surface area contributed by atoms with Gasteiger partial charge in [0.1, 0.15) is 5.75 Å². The lowest BCUT2D eigenvalue weighted by Gasteiger charge is -2.10. The van der Waals surface area contributed by atoms with E-state index in [4.69, 9.17) is 16.3 Å². The van der Waals surface area contributed by atoms with Crippen LogP contribution in [0.15, 0.2) is 42.5 Å². The zero-order valence-corrected chi connectivity index (χ0v) is 13.4. The zero-order chi connectivity index (χ0) is 15.9. The highest BCUT2D eigenvalue weighted by Crippen LogP contribution is 2.19. The van der Waals surface area contributed by atoms with E-state index in [9.17, 15) is 4.79 Å². The summed E-state index contributed by atoms with van der Waals surface area (Å²) in [7, 11) is 1.63. The summed E-state index contributed by atoms with van der Waals surface area (Å²) in [5.41, 5.74) is 2.94. The maximum Gasteiger partial charge on any atom is 0.239 e. The monoisotopic (exact) mass is 318 g/mol. The van der Waals surface area contributed by atoms with E-state index in [1.165, 1.54) is 0 Å². The molecule has 1 amide bonds. The minimum absolute atomic E-state index is 0.0739. The van der Waals surface area contributed by atoms with Crippen LogP contribution in [-0.4, -0.2) is 19.6 Å². The molecule has 0 heterocycles. The third-order valence-corrected chi connectivity index (χ3v) is 3.52. The Morgan fingerprint density at radius 3 is 2.59 bits per heavy atom. The first-order valence-electron chi connectivity index (χ1n) is 6.98. The van der Waals surface area contributed by atoms with Crippen LogP contribution in [-0.2, 0) is 11.3 Å². The van der Waals surface area contributed by atoms with Crippen LogP contribution in [0.5, 0.6) is 5.75 Å². The molecule has 2 N–H and O–H groups in total. The number of halogens is 1. The van der Waals surface area contributed by atoms with Gasteiger partial charge in [0.15, 0.2) is 0 Å². The maximum absolute atomic E-state index is 11.9. The Morgan fingerprint density at radius 1 is 1.18 bits per heavy atom. The molecular formula is C17H19ClN2O2. The van der Waals surface area contributed by atoms with Crippen molar-refractivity contribution in [3.8, 4) is 5.75 Å². The fourth-order valence-electron chi connectivity index (χ4n) is 1.97. The SMILES string of the molecule is COc1ccc(CNC(=O)CNc2cc(Cl)ccc2C)cc1. The number of nitrogens with one attached hydrogen (secondary N) is 2. The molecule has 2 aromatic rings. The third kappa shape index (κ3) is 4.67. The highest BCUT2D eigenvalue weighted by atomic mass is 35.5. The van der Waals surface area contributed by atoms with E-state index >= 15 is 0 Å². The lowest BCUT2D eigenvalue weighted by Crippen LogP contribution is -2.29. The minimum Gasteiger partial charge on any atom is -0.497 e. The Hall–Kier alpha value is -2.20. The molecule has 0 radical (unpaired) electrons. The molecule has 0 aliphatic rings. The van der Waals surface area contributed by atoms with Crippen molar-refractivity contribution in [2.24, 2.45) is 0 Å². The molecule has 0 fully saturated rings. The maximum atomic E-state index is 11.9. The van der Waals surface area contributed by atoms with Crippen LogP contribution in [0, 0.1) is 6.92 Å². The number of ether oxygens (including phenoxy) is 1. The van der Waals surface area contributed by atoms with Crippen LogP contribution in [0.1, 0.15) is 11.1 Å². The van der Waals surface area contributed by atoms with Crippen molar-refractivity contribution in [1.29, 1.82) is 0 Å². The van der Waals surface area contributed by atoms with Gasteiger partial charge in [-0.15, -0.1) is 0 Å². The normalized spacial score (nSPS) is 10.1. The summed E-state index contributed by atoms with van der Waals surface area (Å²) in [5, 5.41) is 6.60. The van der Waals surface area contributed by atoms with E-state index < -0.39 is 0 Å². The molecule has 0 aliphatic carbocycles. The van der Waals surface area contributed by atoms with Crippen molar-refractivity contribution < 1.29 is 9.53 Å². The topological polar surface area (TPSA) is 50.4 Å². The Kier molecular flexibility index (Phi) is 5.67. The molecule has 0 aromatic heterocycles. The fraction of sp³-hybridized carbons (Fsp3) is 0.235. The van der Waals surface area contributed by atoms with Gasteiger partial charge < -0.3 is 15.4 Å². The fourth-order valence-corrected chi connectivity index (χ4v) is 2.14. The number of hydrogen-bond acceptors (Lipinski definition) is 3. The van der Waals surface area contributed by atoms with Gasteiger partial charge in [0.05, 0.1) is 13.7 Å². The summed E-state index contributed by atoms with van der Waals surface area (Å²) in [6.07, 6.45) is 0. The molecule has 0 saturated carbocycles. The van der Waals surface area contributed by atoms with Gasteiger partial charge in [-0.2, -0.15) is 0 Å². The van der Waals surface area contributed by atoms with E-state index in [2.05, 4.69) is 10.6 Å². The van der Waals surface area contributed by atoms with Gasteiger partial charge in [-0.25, -0.2) is 0 Å². The number of benzene rings is 2. The molecule has 4 nitrogen and oxygen atoms in total. The molecule has 0 spiro atoms. The molecule has 0 unspecified atom stereocenters. The molecule has 0 saturated heterocycles. The predicted molar refractivity (Wildman–Crippen MR) is 89.5 cm³/mol. The quantitative estimate of drug-likeness (QED) is 0.858. The number of rotatable bonds is 6. The van der Waals surface area contributed by atoms with Crippen molar-refractivity contribution in [3.05, 3.63) is 58.6 Å². The first-order chi connectivity index (χ1) is 10.6. The van der Waals surface area contributed by atoms with E-state index in [1.807, 2.05) is 49.4 Å². The highest BCUT2D eigenvalue weighted by Gasteiger charge is 2.04. The second-order valence-electron chi connectivity index (χ2n) is 4.94. The number of hydrogen-bond donors (Lipinski definition) is 2. The standard InChI is InChI=1S/C17H19ClN2O2/c1-12-3-6-14(18)9-16(12)19-11-17(21)20-10-13-4-7-15(22-2)8-5-13/h3-9,19H,10-11H2,1-2H3,(H,20,21). The Balaban J connectivity index is 1.81. The lowest BCUT2D eigenvalue weighted by atomic mass is 10.2. The van der Waals surface area contributed by atoms with E-state index in [-0.39, 0.29) is 12.5 Å². The third-order valence-electron chi connectivity index (χ3n) is 3.29. The van der Waals surface area contributed by atoms with Crippen molar-refractivity contribution in [2.45, 2.75) is 13.5 Å².